The third-order valence-electron chi connectivity index (χ3n) is 3.79. The van der Waals surface area contributed by atoms with Gasteiger partial charge in [0.1, 0.15) is 4.83 Å². The van der Waals surface area contributed by atoms with Crippen LogP contribution in [-0.2, 0) is 0 Å². The molecule has 0 fully saturated rings. The van der Waals surface area contributed by atoms with E-state index in [-0.39, 0.29) is 5.91 Å². The van der Waals surface area contributed by atoms with Crippen molar-refractivity contribution in [3.05, 3.63) is 57.7 Å². The van der Waals surface area contributed by atoms with Gasteiger partial charge in [-0.15, -0.1) is 11.3 Å². The maximum atomic E-state index is 12.5. The molecule has 0 aliphatic rings. The van der Waals surface area contributed by atoms with Crippen LogP contribution >= 0.6 is 22.9 Å². The van der Waals surface area contributed by atoms with E-state index in [0.717, 1.165) is 27.3 Å². The molecule has 3 aromatic heterocycles. The average molecular weight is 372 g/mol. The maximum Gasteiger partial charge on any atom is 0.267 e. The summed E-state index contributed by atoms with van der Waals surface area (Å²) in [6.07, 6.45) is 0. The van der Waals surface area contributed by atoms with Crippen LogP contribution in [0, 0.1) is 13.8 Å². The molecule has 8 heteroatoms. The molecule has 0 saturated heterocycles. The first kappa shape index (κ1) is 15.9. The summed E-state index contributed by atoms with van der Waals surface area (Å²) in [5, 5.41) is 15.8. The minimum atomic E-state index is -0.185. The zero-order valence-electron chi connectivity index (χ0n) is 13.5. The molecule has 25 heavy (non-hydrogen) atoms. The number of rotatable bonds is 3. The summed E-state index contributed by atoms with van der Waals surface area (Å²) in [7, 11) is 0. The van der Waals surface area contributed by atoms with Crippen LogP contribution < -0.4 is 5.32 Å². The first-order valence-corrected chi connectivity index (χ1v) is 8.79. The number of carbonyl (C=O) groups is 1. The van der Waals surface area contributed by atoms with Crippen molar-refractivity contribution in [1.82, 2.24) is 20.0 Å². The molecule has 4 aromatic rings. The molecular weight excluding hydrogens is 358 g/mol. The Bertz CT molecular complexity index is 1080. The van der Waals surface area contributed by atoms with Gasteiger partial charge in [-0.2, -0.15) is 10.2 Å². The van der Waals surface area contributed by atoms with E-state index in [2.05, 4.69) is 20.6 Å². The molecule has 0 spiro atoms. The standard InChI is InChI=1S/C17H14ClN5OS/c1-9-7-15(21-20-9)19-16(24)14-8-13-10(2)22-23(17(13)25-14)12-5-3-11(18)4-6-12/h3-8H,1-2H3,(H2,19,20,21,24). The Morgan fingerprint density at radius 2 is 2.00 bits per heavy atom. The van der Waals surface area contributed by atoms with Crippen molar-refractivity contribution in [2.75, 3.05) is 5.32 Å². The van der Waals surface area contributed by atoms with Crippen LogP contribution in [0.25, 0.3) is 15.9 Å². The lowest BCUT2D eigenvalue weighted by Crippen LogP contribution is -2.10. The highest BCUT2D eigenvalue weighted by Gasteiger charge is 2.17. The summed E-state index contributed by atoms with van der Waals surface area (Å²) in [6, 6.07) is 11.1. The maximum absolute atomic E-state index is 12.5. The highest BCUT2D eigenvalue weighted by Crippen LogP contribution is 2.31. The molecule has 1 amide bonds. The Morgan fingerprint density at radius 1 is 1.24 bits per heavy atom. The molecule has 0 saturated carbocycles. The molecule has 0 bridgehead atoms. The quantitative estimate of drug-likeness (QED) is 0.562. The first-order valence-electron chi connectivity index (χ1n) is 7.60. The summed E-state index contributed by atoms with van der Waals surface area (Å²) in [5.74, 6) is 0.325. The summed E-state index contributed by atoms with van der Waals surface area (Å²) in [6.45, 7) is 3.81. The van der Waals surface area contributed by atoms with Gasteiger partial charge in [-0.25, -0.2) is 4.68 Å². The fourth-order valence-corrected chi connectivity index (χ4v) is 3.78. The van der Waals surface area contributed by atoms with Gasteiger partial charge in [0.25, 0.3) is 5.91 Å². The van der Waals surface area contributed by atoms with Gasteiger partial charge >= 0.3 is 0 Å². The van der Waals surface area contributed by atoms with Crippen molar-refractivity contribution in [1.29, 1.82) is 0 Å². The third-order valence-corrected chi connectivity index (χ3v) is 5.15. The Kier molecular flexibility index (Phi) is 3.82. The lowest BCUT2D eigenvalue weighted by molar-refractivity contribution is 0.103. The topological polar surface area (TPSA) is 75.6 Å². The number of fused-ring (bicyclic) bond motifs is 1. The number of thiophene rings is 1. The number of benzene rings is 1. The number of carbonyl (C=O) groups excluding carboxylic acids is 1. The van der Waals surface area contributed by atoms with Gasteiger partial charge < -0.3 is 5.32 Å². The van der Waals surface area contributed by atoms with Crippen molar-refractivity contribution in [2.24, 2.45) is 0 Å². The van der Waals surface area contributed by atoms with Crippen molar-refractivity contribution in [2.45, 2.75) is 13.8 Å². The van der Waals surface area contributed by atoms with Crippen molar-refractivity contribution < 1.29 is 4.79 Å². The number of nitrogens with zero attached hydrogens (tertiary/aromatic N) is 3. The van der Waals surface area contributed by atoms with E-state index in [9.17, 15) is 4.79 Å². The predicted molar refractivity (Wildman–Crippen MR) is 100.0 cm³/mol. The summed E-state index contributed by atoms with van der Waals surface area (Å²) in [5.41, 5.74) is 2.66. The van der Waals surface area contributed by atoms with Crippen LogP contribution in [0.2, 0.25) is 5.02 Å². The van der Waals surface area contributed by atoms with Crippen LogP contribution in [-0.4, -0.2) is 25.9 Å². The second-order valence-corrected chi connectivity index (χ2v) is 7.16. The predicted octanol–water partition coefficient (Wildman–Crippen LogP) is 4.33. The van der Waals surface area contributed by atoms with Gasteiger partial charge in [0.05, 0.1) is 16.3 Å². The van der Waals surface area contributed by atoms with Crippen LogP contribution in [0.3, 0.4) is 0 Å². The highest BCUT2D eigenvalue weighted by molar-refractivity contribution is 7.20. The van der Waals surface area contributed by atoms with Gasteiger partial charge in [0.2, 0.25) is 0 Å². The number of amides is 1. The fraction of sp³-hybridized carbons (Fsp3) is 0.118. The first-order chi connectivity index (χ1) is 12.0. The molecule has 0 radical (unpaired) electrons. The Morgan fingerprint density at radius 3 is 2.68 bits per heavy atom. The van der Waals surface area contributed by atoms with Crippen LogP contribution in [0.15, 0.2) is 36.4 Å². The second kappa shape index (κ2) is 6.02. The zero-order chi connectivity index (χ0) is 17.6. The molecule has 126 valence electrons. The molecule has 0 aliphatic heterocycles. The molecule has 0 atom stereocenters. The Balaban J connectivity index is 1.71. The zero-order valence-corrected chi connectivity index (χ0v) is 15.1. The lowest BCUT2D eigenvalue weighted by Gasteiger charge is -2.02. The average Bonchev–Trinajstić information content (AvgIpc) is 3.26. The number of nitrogens with one attached hydrogen (secondary N) is 2. The molecular formula is C17H14ClN5OS. The van der Waals surface area contributed by atoms with E-state index in [4.69, 9.17) is 11.6 Å². The van der Waals surface area contributed by atoms with Gasteiger partial charge in [0, 0.05) is 22.2 Å². The van der Waals surface area contributed by atoms with E-state index >= 15 is 0 Å². The minimum Gasteiger partial charge on any atom is -0.304 e. The number of halogens is 1. The fourth-order valence-electron chi connectivity index (χ4n) is 2.58. The Labute approximate surface area is 152 Å². The third kappa shape index (κ3) is 2.92. The van der Waals surface area contributed by atoms with Gasteiger partial charge in [0.15, 0.2) is 5.82 Å². The van der Waals surface area contributed by atoms with Gasteiger partial charge in [-0.1, -0.05) is 11.6 Å². The van der Waals surface area contributed by atoms with Crippen LogP contribution in [0.5, 0.6) is 0 Å². The normalized spacial score (nSPS) is 11.2. The molecule has 0 unspecified atom stereocenters. The number of aromatic amines is 1. The SMILES string of the molecule is Cc1cc(NC(=O)c2cc3c(C)nn(-c4ccc(Cl)cc4)c3s2)n[nH]1. The molecule has 2 N–H and O–H groups in total. The number of aromatic nitrogens is 4. The smallest absolute Gasteiger partial charge is 0.267 e. The second-order valence-electron chi connectivity index (χ2n) is 5.69. The van der Waals surface area contributed by atoms with Crippen LogP contribution in [0.1, 0.15) is 21.1 Å². The monoisotopic (exact) mass is 371 g/mol. The minimum absolute atomic E-state index is 0.185. The van der Waals surface area contributed by atoms with Crippen molar-refractivity contribution >= 4 is 44.9 Å². The van der Waals surface area contributed by atoms with E-state index in [0.29, 0.717) is 15.7 Å². The number of aryl methyl sites for hydroxylation is 2. The molecule has 0 aliphatic carbocycles. The molecule has 1 aromatic carbocycles. The lowest BCUT2D eigenvalue weighted by atomic mass is 10.3. The summed E-state index contributed by atoms with van der Waals surface area (Å²) in [4.78, 5) is 14.0. The van der Waals surface area contributed by atoms with E-state index in [1.807, 2.05) is 48.9 Å². The number of hydrogen-bond acceptors (Lipinski definition) is 4. The number of anilines is 1. The van der Waals surface area contributed by atoms with Gasteiger partial charge in [-0.3, -0.25) is 9.89 Å². The summed E-state index contributed by atoms with van der Waals surface area (Å²) < 4.78 is 1.83. The van der Waals surface area contributed by atoms with Crippen molar-refractivity contribution in [3.63, 3.8) is 0 Å². The number of H-pyrrole nitrogens is 1. The largest absolute Gasteiger partial charge is 0.304 e. The van der Waals surface area contributed by atoms with Crippen molar-refractivity contribution in [3.8, 4) is 5.69 Å². The highest BCUT2D eigenvalue weighted by atomic mass is 35.5. The Hall–Kier alpha value is -2.64. The molecule has 3 heterocycles. The van der Waals surface area contributed by atoms with Gasteiger partial charge in [-0.05, 0) is 44.2 Å². The van der Waals surface area contributed by atoms with Crippen LogP contribution in [0.4, 0.5) is 5.82 Å². The van der Waals surface area contributed by atoms with E-state index in [1.165, 1.54) is 11.3 Å². The van der Waals surface area contributed by atoms with E-state index < -0.39 is 0 Å². The summed E-state index contributed by atoms with van der Waals surface area (Å²) >= 11 is 7.35. The number of hydrogen-bond donors (Lipinski definition) is 2. The molecule has 4 rings (SSSR count). The van der Waals surface area contributed by atoms with E-state index in [1.54, 1.807) is 6.07 Å². The molecule has 6 nitrogen and oxygen atoms in total.